The molecule has 0 aliphatic carbocycles. The molecule has 0 amide bonds. The predicted molar refractivity (Wildman–Crippen MR) is 71.7 cm³/mol. The largest absolute Gasteiger partial charge is 0.372 e. The minimum absolute atomic E-state index is 0.288. The number of ether oxygens (including phenoxy) is 1. The number of fused-ring (bicyclic) bond motifs is 1. The molecule has 1 aliphatic rings. The molecule has 94 valence electrons. The van der Waals surface area contributed by atoms with Gasteiger partial charge in [0.1, 0.15) is 0 Å². The first-order valence-electron chi connectivity index (χ1n) is 6.03. The minimum atomic E-state index is 0.288. The average molecular weight is 261 g/mol. The van der Waals surface area contributed by atoms with E-state index in [2.05, 4.69) is 42.2 Å². The third kappa shape index (κ3) is 1.79. The van der Waals surface area contributed by atoms with Gasteiger partial charge >= 0.3 is 0 Å². The molecule has 1 aromatic heterocycles. The third-order valence-corrected chi connectivity index (χ3v) is 3.49. The van der Waals surface area contributed by atoms with Crippen molar-refractivity contribution in [2.75, 3.05) is 0 Å². The zero-order valence-electron chi connectivity index (χ0n) is 10.4. The Bertz CT molecular complexity index is 642. The summed E-state index contributed by atoms with van der Waals surface area (Å²) in [5.41, 5.74) is 3.60. The van der Waals surface area contributed by atoms with Crippen LogP contribution in [0.4, 0.5) is 0 Å². The van der Waals surface area contributed by atoms with Crippen LogP contribution in [0.1, 0.15) is 31.0 Å². The highest BCUT2D eigenvalue weighted by Crippen LogP contribution is 2.27. The van der Waals surface area contributed by atoms with E-state index in [-0.39, 0.29) is 6.04 Å². The van der Waals surface area contributed by atoms with Crippen LogP contribution in [0.25, 0.3) is 11.4 Å². The summed E-state index contributed by atoms with van der Waals surface area (Å²) in [4.78, 5) is 0. The number of hydrogen-bond acceptors (Lipinski definition) is 3. The molecular formula is C13H15N3OS. The van der Waals surface area contributed by atoms with Crippen LogP contribution in [0.3, 0.4) is 0 Å². The van der Waals surface area contributed by atoms with Gasteiger partial charge in [0.15, 0.2) is 10.6 Å². The number of rotatable bonds is 2. The molecule has 1 N–H and O–H groups in total. The number of aromatic nitrogens is 3. The van der Waals surface area contributed by atoms with Crippen molar-refractivity contribution in [3.8, 4) is 11.4 Å². The molecule has 3 rings (SSSR count). The fraction of sp³-hybridized carbons (Fsp3) is 0.385. The predicted octanol–water partition coefficient (Wildman–Crippen LogP) is 3.22. The lowest BCUT2D eigenvalue weighted by Gasteiger charge is -2.10. The van der Waals surface area contributed by atoms with E-state index in [1.807, 2.05) is 4.57 Å². The van der Waals surface area contributed by atoms with E-state index in [0.29, 0.717) is 18.0 Å². The Morgan fingerprint density at radius 1 is 1.33 bits per heavy atom. The monoisotopic (exact) mass is 261 g/mol. The standard InChI is InChI=1S/C13H15N3OS/c1-8(2)16-12(14-15-13(16)18)9-3-4-10-6-17-7-11(10)5-9/h3-5,8H,6-7H2,1-2H3,(H,15,18). The Balaban J connectivity index is 2.13. The molecule has 2 aromatic rings. The number of benzene rings is 1. The van der Waals surface area contributed by atoms with Gasteiger partial charge in [-0.2, -0.15) is 5.10 Å². The zero-order valence-corrected chi connectivity index (χ0v) is 11.3. The van der Waals surface area contributed by atoms with Crippen LogP contribution < -0.4 is 0 Å². The van der Waals surface area contributed by atoms with Crippen LogP contribution in [-0.2, 0) is 18.0 Å². The normalized spacial score (nSPS) is 14.2. The molecule has 5 heteroatoms. The molecule has 0 spiro atoms. The second-order valence-corrected chi connectivity index (χ2v) is 5.18. The van der Waals surface area contributed by atoms with Crippen LogP contribution in [0.2, 0.25) is 0 Å². The summed E-state index contributed by atoms with van der Waals surface area (Å²) >= 11 is 5.27. The highest BCUT2D eigenvalue weighted by molar-refractivity contribution is 7.71. The lowest BCUT2D eigenvalue weighted by atomic mass is 10.1. The Hall–Kier alpha value is -1.46. The first-order valence-corrected chi connectivity index (χ1v) is 6.44. The molecule has 0 bridgehead atoms. The van der Waals surface area contributed by atoms with Crippen molar-refractivity contribution in [2.24, 2.45) is 0 Å². The van der Waals surface area contributed by atoms with Crippen molar-refractivity contribution in [1.82, 2.24) is 14.8 Å². The van der Waals surface area contributed by atoms with Crippen LogP contribution in [0, 0.1) is 4.77 Å². The van der Waals surface area contributed by atoms with E-state index >= 15 is 0 Å². The van der Waals surface area contributed by atoms with Gasteiger partial charge in [0.2, 0.25) is 0 Å². The molecule has 2 heterocycles. The molecule has 1 aliphatic heterocycles. The van der Waals surface area contributed by atoms with Gasteiger partial charge in [-0.3, -0.25) is 9.67 Å². The van der Waals surface area contributed by atoms with Crippen LogP contribution in [0.5, 0.6) is 0 Å². The van der Waals surface area contributed by atoms with E-state index in [0.717, 1.165) is 11.4 Å². The minimum Gasteiger partial charge on any atom is -0.372 e. The lowest BCUT2D eigenvalue weighted by molar-refractivity contribution is 0.134. The number of nitrogens with one attached hydrogen (secondary N) is 1. The van der Waals surface area contributed by atoms with E-state index in [4.69, 9.17) is 17.0 Å². The van der Waals surface area contributed by atoms with E-state index in [9.17, 15) is 0 Å². The number of hydrogen-bond donors (Lipinski definition) is 1. The number of nitrogens with zero attached hydrogens (tertiary/aromatic N) is 2. The molecule has 0 radical (unpaired) electrons. The fourth-order valence-corrected chi connectivity index (χ4v) is 2.64. The maximum absolute atomic E-state index is 5.43. The number of H-pyrrole nitrogens is 1. The van der Waals surface area contributed by atoms with Gasteiger partial charge in [-0.05, 0) is 43.3 Å². The van der Waals surface area contributed by atoms with Crippen LogP contribution >= 0.6 is 12.2 Å². The molecule has 4 nitrogen and oxygen atoms in total. The van der Waals surface area contributed by atoms with Crippen LogP contribution in [-0.4, -0.2) is 14.8 Å². The maximum atomic E-state index is 5.43. The summed E-state index contributed by atoms with van der Waals surface area (Å²) in [6.07, 6.45) is 0. The number of aromatic amines is 1. The summed E-state index contributed by atoms with van der Waals surface area (Å²) < 4.78 is 8.13. The third-order valence-electron chi connectivity index (χ3n) is 3.20. The molecular weight excluding hydrogens is 246 g/mol. The van der Waals surface area contributed by atoms with Crippen molar-refractivity contribution in [1.29, 1.82) is 0 Å². The summed E-state index contributed by atoms with van der Waals surface area (Å²) in [7, 11) is 0. The first kappa shape index (κ1) is 11.6. The summed E-state index contributed by atoms with van der Waals surface area (Å²) in [5, 5.41) is 7.21. The zero-order chi connectivity index (χ0) is 12.7. The lowest BCUT2D eigenvalue weighted by Crippen LogP contribution is -2.03. The second-order valence-electron chi connectivity index (χ2n) is 4.79. The fourth-order valence-electron chi connectivity index (χ4n) is 2.30. The topological polar surface area (TPSA) is 42.8 Å². The quantitative estimate of drug-likeness (QED) is 0.844. The second kappa shape index (κ2) is 4.33. The van der Waals surface area contributed by atoms with Gasteiger partial charge in [0, 0.05) is 11.6 Å². The molecule has 18 heavy (non-hydrogen) atoms. The van der Waals surface area contributed by atoms with Crippen LogP contribution in [0.15, 0.2) is 18.2 Å². The molecule has 1 aromatic carbocycles. The average Bonchev–Trinajstić information content (AvgIpc) is 2.93. The van der Waals surface area contributed by atoms with E-state index in [1.165, 1.54) is 11.1 Å². The summed E-state index contributed by atoms with van der Waals surface area (Å²) in [5.74, 6) is 0.893. The van der Waals surface area contributed by atoms with Crippen molar-refractivity contribution < 1.29 is 4.74 Å². The van der Waals surface area contributed by atoms with Gasteiger partial charge in [-0.25, -0.2) is 0 Å². The van der Waals surface area contributed by atoms with Gasteiger partial charge in [0.05, 0.1) is 13.2 Å². The van der Waals surface area contributed by atoms with Gasteiger partial charge in [-0.1, -0.05) is 12.1 Å². The highest BCUT2D eigenvalue weighted by Gasteiger charge is 2.16. The van der Waals surface area contributed by atoms with Gasteiger partial charge in [-0.15, -0.1) is 0 Å². The van der Waals surface area contributed by atoms with Crippen molar-refractivity contribution in [3.05, 3.63) is 34.1 Å². The van der Waals surface area contributed by atoms with Crippen molar-refractivity contribution in [2.45, 2.75) is 33.1 Å². The molecule has 0 unspecified atom stereocenters. The van der Waals surface area contributed by atoms with Gasteiger partial charge < -0.3 is 4.74 Å². The highest BCUT2D eigenvalue weighted by atomic mass is 32.1. The summed E-state index contributed by atoms with van der Waals surface area (Å²) in [6.45, 7) is 5.61. The van der Waals surface area contributed by atoms with Gasteiger partial charge in [0.25, 0.3) is 0 Å². The molecule has 0 fully saturated rings. The molecule has 0 saturated heterocycles. The van der Waals surface area contributed by atoms with Crippen molar-refractivity contribution in [3.63, 3.8) is 0 Å². The maximum Gasteiger partial charge on any atom is 0.195 e. The smallest absolute Gasteiger partial charge is 0.195 e. The Kier molecular flexibility index (Phi) is 2.80. The Labute approximate surface area is 111 Å². The Morgan fingerprint density at radius 3 is 2.89 bits per heavy atom. The first-order chi connectivity index (χ1) is 8.66. The SMILES string of the molecule is CC(C)n1c(-c2ccc3c(c2)COC3)n[nH]c1=S. The Morgan fingerprint density at radius 2 is 2.11 bits per heavy atom. The summed E-state index contributed by atoms with van der Waals surface area (Å²) in [6, 6.07) is 6.62. The van der Waals surface area contributed by atoms with E-state index < -0.39 is 0 Å². The van der Waals surface area contributed by atoms with E-state index in [1.54, 1.807) is 0 Å². The van der Waals surface area contributed by atoms with Crippen molar-refractivity contribution >= 4 is 12.2 Å². The molecule has 0 atom stereocenters. The molecule has 0 saturated carbocycles.